The molecule has 0 radical (unpaired) electrons. The Balaban J connectivity index is 1.31. The maximum atomic E-state index is 13.7. The normalized spacial score (nSPS) is 23.6. The van der Waals surface area contributed by atoms with Crippen molar-refractivity contribution < 1.29 is 14.2 Å². The van der Waals surface area contributed by atoms with Crippen LogP contribution in [0.1, 0.15) is 26.3 Å². The second-order valence-corrected chi connectivity index (χ2v) is 11.2. The van der Waals surface area contributed by atoms with E-state index in [-0.39, 0.29) is 23.9 Å². The molecule has 0 bridgehead atoms. The molecule has 6 rings (SSSR count). The lowest BCUT2D eigenvalue weighted by Gasteiger charge is -2.43. The monoisotopic (exact) mass is 546 g/mol. The molecular weight excluding hydrogens is 511 g/mol. The number of nitrogens with one attached hydrogen (secondary N) is 2. The average Bonchev–Trinajstić information content (AvgIpc) is 3.46. The Hall–Kier alpha value is -3.99. The van der Waals surface area contributed by atoms with Crippen LogP contribution < -0.4 is 25.2 Å². The van der Waals surface area contributed by atoms with E-state index in [0.717, 1.165) is 35.8 Å². The summed E-state index contributed by atoms with van der Waals surface area (Å²) >= 11 is 0. The molecule has 2 fully saturated rings. The summed E-state index contributed by atoms with van der Waals surface area (Å²) in [5, 5.41) is 24.6. The molecule has 1 saturated carbocycles. The number of aliphatic hydroxyl groups excluding tert-OH is 1. The summed E-state index contributed by atoms with van der Waals surface area (Å²) in [6.07, 6.45) is 3.97. The van der Waals surface area contributed by atoms with Crippen LogP contribution in [0.2, 0.25) is 0 Å². The van der Waals surface area contributed by atoms with E-state index >= 15 is 0 Å². The van der Waals surface area contributed by atoms with Gasteiger partial charge in [0, 0.05) is 60.7 Å². The Morgan fingerprint density at radius 3 is 2.70 bits per heavy atom. The zero-order valence-corrected chi connectivity index (χ0v) is 23.2. The Morgan fingerprint density at radius 1 is 1.18 bits per heavy atom. The molecule has 3 aromatic rings. The fourth-order valence-electron chi connectivity index (χ4n) is 6.44. The number of nitrogens with zero attached hydrogens (tertiary/aromatic N) is 6. The number of ether oxygens (including phenoxy) is 1. The average molecular weight is 547 g/mol. The number of aliphatic hydroxyl groups is 1. The molecule has 210 valence electrons. The minimum atomic E-state index is -0.275. The van der Waals surface area contributed by atoms with Gasteiger partial charge in [-0.2, -0.15) is 15.1 Å². The maximum absolute atomic E-state index is 13.7. The van der Waals surface area contributed by atoms with Gasteiger partial charge in [0.25, 0.3) is 0 Å². The van der Waals surface area contributed by atoms with Gasteiger partial charge in [0.05, 0.1) is 31.6 Å². The standard InChI is InChI=1S/C29H35FN8O2/c1-5-20-21-14-37(19-12-23(40-4)36-32-13-19)15-22(21)25(20)33-28-34-26(31-10-11-39)24-27(35-28)38(16-29(24,2)3)18-8-6-17(30)7-9-18/h5-9,12-13,21-22,25,39H,10-11,14-16H2,1-4H3,(H2,31,33,34,35)/b20-5+. The van der Waals surface area contributed by atoms with Crippen LogP contribution in [0.5, 0.6) is 5.88 Å². The number of hydrogen-bond donors (Lipinski definition) is 3. The van der Waals surface area contributed by atoms with Crippen LogP contribution >= 0.6 is 0 Å². The van der Waals surface area contributed by atoms with Gasteiger partial charge in [-0.1, -0.05) is 19.9 Å². The van der Waals surface area contributed by atoms with E-state index in [1.54, 1.807) is 25.4 Å². The Kier molecular flexibility index (Phi) is 6.69. The third kappa shape index (κ3) is 4.47. The first-order valence-electron chi connectivity index (χ1n) is 13.7. The summed E-state index contributed by atoms with van der Waals surface area (Å²) in [6, 6.07) is 8.51. The number of methoxy groups -OCH3 is 1. The molecule has 1 aromatic carbocycles. The van der Waals surface area contributed by atoms with Crippen molar-refractivity contribution in [3.8, 4) is 5.88 Å². The van der Waals surface area contributed by atoms with Crippen LogP contribution in [0.25, 0.3) is 0 Å². The highest BCUT2D eigenvalue weighted by Crippen LogP contribution is 2.49. The van der Waals surface area contributed by atoms with Gasteiger partial charge in [0.2, 0.25) is 11.8 Å². The number of aromatic nitrogens is 4. The topological polar surface area (TPSA) is 112 Å². The number of fused-ring (bicyclic) bond motifs is 2. The molecule has 10 nitrogen and oxygen atoms in total. The second-order valence-electron chi connectivity index (χ2n) is 11.2. The maximum Gasteiger partial charge on any atom is 0.235 e. The lowest BCUT2D eigenvalue weighted by Crippen LogP contribution is -2.48. The van der Waals surface area contributed by atoms with Gasteiger partial charge in [0.1, 0.15) is 17.5 Å². The number of anilines is 5. The molecule has 3 aliphatic rings. The predicted molar refractivity (Wildman–Crippen MR) is 153 cm³/mol. The van der Waals surface area contributed by atoms with Crippen molar-refractivity contribution in [2.75, 3.05) is 60.3 Å². The van der Waals surface area contributed by atoms with Crippen molar-refractivity contribution in [3.63, 3.8) is 0 Å². The van der Waals surface area contributed by atoms with E-state index < -0.39 is 0 Å². The molecule has 3 unspecified atom stereocenters. The molecule has 1 aliphatic carbocycles. The molecular formula is C29H35FN8O2. The molecule has 3 N–H and O–H groups in total. The van der Waals surface area contributed by atoms with Crippen molar-refractivity contribution >= 4 is 29.0 Å². The van der Waals surface area contributed by atoms with Gasteiger partial charge in [0.15, 0.2) is 0 Å². The van der Waals surface area contributed by atoms with Crippen molar-refractivity contribution in [2.45, 2.75) is 32.2 Å². The summed E-state index contributed by atoms with van der Waals surface area (Å²) in [5.74, 6) is 3.05. The van der Waals surface area contributed by atoms with Crippen molar-refractivity contribution in [2.24, 2.45) is 11.8 Å². The van der Waals surface area contributed by atoms with E-state index in [1.165, 1.54) is 17.7 Å². The summed E-state index contributed by atoms with van der Waals surface area (Å²) in [4.78, 5) is 14.4. The van der Waals surface area contributed by atoms with Crippen LogP contribution in [-0.4, -0.2) is 71.2 Å². The highest BCUT2D eigenvalue weighted by atomic mass is 19.1. The fourth-order valence-corrected chi connectivity index (χ4v) is 6.44. The number of benzene rings is 1. The minimum Gasteiger partial charge on any atom is -0.480 e. The largest absolute Gasteiger partial charge is 0.480 e. The highest BCUT2D eigenvalue weighted by Gasteiger charge is 2.51. The highest BCUT2D eigenvalue weighted by molar-refractivity contribution is 5.76. The van der Waals surface area contributed by atoms with Crippen LogP contribution in [0.3, 0.4) is 0 Å². The second kappa shape index (κ2) is 10.2. The van der Waals surface area contributed by atoms with E-state index in [9.17, 15) is 9.50 Å². The first kappa shape index (κ1) is 26.2. The van der Waals surface area contributed by atoms with Crippen LogP contribution in [0.4, 0.5) is 33.3 Å². The molecule has 2 aliphatic heterocycles. The van der Waals surface area contributed by atoms with Crippen LogP contribution in [0, 0.1) is 17.7 Å². The summed E-state index contributed by atoms with van der Waals surface area (Å²) in [7, 11) is 1.60. The van der Waals surface area contributed by atoms with Crippen LogP contribution in [0.15, 0.2) is 48.2 Å². The molecule has 40 heavy (non-hydrogen) atoms. The molecule has 2 aromatic heterocycles. The van der Waals surface area contributed by atoms with Crippen molar-refractivity contribution in [1.29, 1.82) is 0 Å². The summed E-state index contributed by atoms with van der Waals surface area (Å²) in [6.45, 7) is 9.19. The third-order valence-corrected chi connectivity index (χ3v) is 8.31. The molecule has 4 heterocycles. The van der Waals surface area contributed by atoms with E-state index in [2.05, 4.69) is 57.5 Å². The Bertz CT molecular complexity index is 1430. The molecule has 0 spiro atoms. The van der Waals surface area contributed by atoms with Crippen LogP contribution in [-0.2, 0) is 5.41 Å². The van der Waals surface area contributed by atoms with Crippen molar-refractivity contribution in [1.82, 2.24) is 20.2 Å². The smallest absolute Gasteiger partial charge is 0.235 e. The van der Waals surface area contributed by atoms with E-state index in [4.69, 9.17) is 14.7 Å². The zero-order chi connectivity index (χ0) is 28.0. The Labute approximate surface area is 233 Å². The molecule has 3 atom stereocenters. The van der Waals surface area contributed by atoms with Gasteiger partial charge in [-0.15, -0.1) is 5.10 Å². The zero-order valence-electron chi connectivity index (χ0n) is 23.2. The number of halogens is 1. The number of hydrogen-bond acceptors (Lipinski definition) is 10. The van der Waals surface area contributed by atoms with Gasteiger partial charge >= 0.3 is 0 Å². The van der Waals surface area contributed by atoms with E-state index in [0.29, 0.717) is 42.6 Å². The lowest BCUT2D eigenvalue weighted by molar-refractivity contribution is 0.310. The minimum absolute atomic E-state index is 0.0107. The molecule has 1 saturated heterocycles. The quantitative estimate of drug-likeness (QED) is 0.361. The van der Waals surface area contributed by atoms with E-state index in [1.807, 2.05) is 6.07 Å². The van der Waals surface area contributed by atoms with Gasteiger partial charge in [-0.25, -0.2) is 4.39 Å². The number of allylic oxidation sites excluding steroid dienone is 1. The van der Waals surface area contributed by atoms with Gasteiger partial charge in [-0.3, -0.25) is 0 Å². The summed E-state index contributed by atoms with van der Waals surface area (Å²) in [5.41, 5.74) is 3.93. The first-order valence-corrected chi connectivity index (χ1v) is 13.7. The molecule has 11 heteroatoms. The SMILES string of the molecule is C/C=C1\C2CN(c3cnnc(OC)c3)CC2C1Nc1nc(NCCO)c2c(n1)N(c1ccc(F)cc1)CC2(C)C. The molecule has 0 amide bonds. The fraction of sp³-hybridized carbons (Fsp3) is 0.448. The lowest BCUT2D eigenvalue weighted by atomic mass is 9.67. The first-order chi connectivity index (χ1) is 19.3. The van der Waals surface area contributed by atoms with Gasteiger partial charge in [-0.05, 0) is 36.8 Å². The number of rotatable bonds is 8. The predicted octanol–water partition coefficient (Wildman–Crippen LogP) is 3.74. The Morgan fingerprint density at radius 2 is 1.98 bits per heavy atom. The third-order valence-electron chi connectivity index (χ3n) is 8.31. The van der Waals surface area contributed by atoms with Crippen molar-refractivity contribution in [3.05, 3.63) is 59.6 Å². The summed E-state index contributed by atoms with van der Waals surface area (Å²) < 4.78 is 19.0. The van der Waals surface area contributed by atoms with Gasteiger partial charge < -0.3 is 30.3 Å².